The molecule has 0 amide bonds. The SMILES string of the molecule is CS(=O)(=O)CCCN1CCC(C2CCCN2)CC1. The van der Waals surface area contributed by atoms with E-state index in [1.54, 1.807) is 0 Å². The fraction of sp³-hybridized carbons (Fsp3) is 1.00. The van der Waals surface area contributed by atoms with E-state index in [1.807, 2.05) is 0 Å². The minimum Gasteiger partial charge on any atom is -0.314 e. The molecule has 2 saturated heterocycles. The summed E-state index contributed by atoms with van der Waals surface area (Å²) in [6.45, 7) is 4.43. The molecule has 106 valence electrons. The van der Waals surface area contributed by atoms with Crippen LogP contribution in [0, 0.1) is 5.92 Å². The summed E-state index contributed by atoms with van der Waals surface area (Å²) in [6, 6.07) is 0.753. The lowest BCUT2D eigenvalue weighted by atomic mass is 9.88. The molecule has 2 heterocycles. The number of likely N-dealkylation sites (tertiary alicyclic amines) is 1. The Hall–Kier alpha value is -0.130. The number of hydrogen-bond acceptors (Lipinski definition) is 4. The maximum atomic E-state index is 11.1. The van der Waals surface area contributed by atoms with Crippen molar-refractivity contribution < 1.29 is 8.42 Å². The largest absolute Gasteiger partial charge is 0.314 e. The second-order valence-electron chi connectivity index (χ2n) is 5.87. The molecule has 0 bridgehead atoms. The van der Waals surface area contributed by atoms with E-state index in [9.17, 15) is 8.42 Å². The molecule has 0 aliphatic carbocycles. The van der Waals surface area contributed by atoms with Gasteiger partial charge in [0, 0.05) is 12.3 Å². The Kier molecular flexibility index (Phi) is 5.04. The highest BCUT2D eigenvalue weighted by molar-refractivity contribution is 7.90. The molecule has 1 atom stereocenters. The Labute approximate surface area is 111 Å². The van der Waals surface area contributed by atoms with Crippen LogP contribution in [0.1, 0.15) is 32.1 Å². The van der Waals surface area contributed by atoms with Gasteiger partial charge in [0.05, 0.1) is 5.75 Å². The average molecular weight is 274 g/mol. The zero-order chi connectivity index (χ0) is 13.0. The van der Waals surface area contributed by atoms with E-state index in [-0.39, 0.29) is 0 Å². The summed E-state index contributed by atoms with van der Waals surface area (Å²) in [5.41, 5.74) is 0. The van der Waals surface area contributed by atoms with Gasteiger partial charge < -0.3 is 10.2 Å². The first-order valence-corrected chi connectivity index (χ1v) is 9.24. The second kappa shape index (κ2) is 6.35. The molecule has 0 radical (unpaired) electrons. The quantitative estimate of drug-likeness (QED) is 0.809. The van der Waals surface area contributed by atoms with Gasteiger partial charge in [-0.1, -0.05) is 0 Å². The van der Waals surface area contributed by atoms with Gasteiger partial charge in [0.25, 0.3) is 0 Å². The van der Waals surface area contributed by atoms with Gasteiger partial charge in [-0.2, -0.15) is 0 Å². The van der Waals surface area contributed by atoms with Crippen LogP contribution in [0.15, 0.2) is 0 Å². The van der Waals surface area contributed by atoms with E-state index in [1.165, 1.54) is 38.5 Å². The molecule has 1 N–H and O–H groups in total. The zero-order valence-electron chi connectivity index (χ0n) is 11.4. The molecule has 2 aliphatic heterocycles. The fourth-order valence-corrected chi connectivity index (χ4v) is 3.90. The first kappa shape index (κ1) is 14.3. The molecule has 2 rings (SSSR count). The van der Waals surface area contributed by atoms with Crippen molar-refractivity contribution in [1.82, 2.24) is 10.2 Å². The van der Waals surface area contributed by atoms with Gasteiger partial charge in [0.1, 0.15) is 9.84 Å². The highest BCUT2D eigenvalue weighted by Crippen LogP contribution is 2.25. The highest BCUT2D eigenvalue weighted by Gasteiger charge is 2.27. The Bertz CT molecular complexity index is 342. The summed E-state index contributed by atoms with van der Waals surface area (Å²) in [5, 5.41) is 3.61. The lowest BCUT2D eigenvalue weighted by molar-refractivity contribution is 0.164. The van der Waals surface area contributed by atoms with Gasteiger partial charge in [0.15, 0.2) is 0 Å². The molecule has 2 fully saturated rings. The Morgan fingerprint density at radius 3 is 2.50 bits per heavy atom. The fourth-order valence-electron chi connectivity index (χ4n) is 3.24. The third kappa shape index (κ3) is 4.52. The molecule has 2 aliphatic rings. The molecule has 0 aromatic heterocycles. The topological polar surface area (TPSA) is 49.4 Å². The van der Waals surface area contributed by atoms with Crippen molar-refractivity contribution in [2.45, 2.75) is 38.1 Å². The molecule has 0 aromatic carbocycles. The Morgan fingerprint density at radius 2 is 1.94 bits per heavy atom. The number of nitrogens with one attached hydrogen (secondary N) is 1. The number of sulfone groups is 1. The van der Waals surface area contributed by atoms with E-state index < -0.39 is 9.84 Å². The number of rotatable bonds is 5. The average Bonchev–Trinajstić information content (AvgIpc) is 2.82. The van der Waals surface area contributed by atoms with Crippen molar-refractivity contribution in [3.05, 3.63) is 0 Å². The van der Waals surface area contributed by atoms with Crippen LogP contribution in [0.25, 0.3) is 0 Å². The maximum absolute atomic E-state index is 11.1. The first-order chi connectivity index (χ1) is 8.54. The van der Waals surface area contributed by atoms with Gasteiger partial charge in [-0.15, -0.1) is 0 Å². The summed E-state index contributed by atoms with van der Waals surface area (Å²) < 4.78 is 22.1. The monoisotopic (exact) mass is 274 g/mol. The molecule has 5 heteroatoms. The minimum atomic E-state index is -2.79. The van der Waals surface area contributed by atoms with Crippen LogP contribution in [0.3, 0.4) is 0 Å². The van der Waals surface area contributed by atoms with Gasteiger partial charge in [-0.25, -0.2) is 8.42 Å². The predicted molar refractivity (Wildman–Crippen MR) is 74.5 cm³/mol. The molecular formula is C13H26N2O2S. The number of piperidine rings is 1. The van der Waals surface area contributed by atoms with Gasteiger partial charge in [-0.3, -0.25) is 0 Å². The van der Waals surface area contributed by atoms with Crippen molar-refractivity contribution in [1.29, 1.82) is 0 Å². The number of nitrogens with zero attached hydrogens (tertiary/aromatic N) is 1. The van der Waals surface area contributed by atoms with Crippen molar-refractivity contribution in [2.24, 2.45) is 5.92 Å². The third-order valence-corrected chi connectivity index (χ3v) is 5.32. The van der Waals surface area contributed by atoms with Crippen LogP contribution in [-0.2, 0) is 9.84 Å². The predicted octanol–water partition coefficient (Wildman–Crippen LogP) is 0.885. The second-order valence-corrected chi connectivity index (χ2v) is 8.13. The van der Waals surface area contributed by atoms with Crippen LogP contribution in [0.4, 0.5) is 0 Å². The van der Waals surface area contributed by atoms with Crippen LogP contribution in [0.2, 0.25) is 0 Å². The lowest BCUT2D eigenvalue weighted by Gasteiger charge is -2.34. The Balaban J connectivity index is 1.64. The summed E-state index contributed by atoms with van der Waals surface area (Å²) >= 11 is 0. The molecule has 0 aromatic rings. The molecular weight excluding hydrogens is 248 g/mol. The van der Waals surface area contributed by atoms with Crippen LogP contribution >= 0.6 is 0 Å². The van der Waals surface area contributed by atoms with Gasteiger partial charge in [-0.05, 0) is 64.2 Å². The lowest BCUT2D eigenvalue weighted by Crippen LogP contribution is -2.41. The van der Waals surface area contributed by atoms with Crippen LogP contribution in [0.5, 0.6) is 0 Å². The van der Waals surface area contributed by atoms with Crippen molar-refractivity contribution in [2.75, 3.05) is 38.2 Å². The summed E-state index contributed by atoms with van der Waals surface area (Å²) in [5.74, 6) is 1.18. The van der Waals surface area contributed by atoms with E-state index in [0.29, 0.717) is 5.75 Å². The van der Waals surface area contributed by atoms with E-state index >= 15 is 0 Å². The van der Waals surface area contributed by atoms with Crippen molar-refractivity contribution in [3.63, 3.8) is 0 Å². The van der Waals surface area contributed by atoms with E-state index in [4.69, 9.17) is 0 Å². The summed E-state index contributed by atoms with van der Waals surface area (Å²) in [7, 11) is -2.79. The Morgan fingerprint density at radius 1 is 1.22 bits per heavy atom. The van der Waals surface area contributed by atoms with Crippen molar-refractivity contribution >= 4 is 9.84 Å². The van der Waals surface area contributed by atoms with Crippen molar-refractivity contribution in [3.8, 4) is 0 Å². The third-order valence-electron chi connectivity index (χ3n) is 4.29. The van der Waals surface area contributed by atoms with Crippen LogP contribution in [-0.4, -0.2) is 57.5 Å². The standard InChI is InChI=1S/C13H26N2O2S/c1-18(16,17)11-3-8-15-9-5-12(6-10-15)13-4-2-7-14-13/h12-14H,2-11H2,1H3. The summed E-state index contributed by atoms with van der Waals surface area (Å²) in [4.78, 5) is 2.43. The number of hydrogen-bond donors (Lipinski definition) is 1. The molecule has 18 heavy (non-hydrogen) atoms. The molecule has 0 saturated carbocycles. The first-order valence-electron chi connectivity index (χ1n) is 7.18. The van der Waals surface area contributed by atoms with E-state index in [2.05, 4.69) is 10.2 Å². The molecule has 4 nitrogen and oxygen atoms in total. The van der Waals surface area contributed by atoms with E-state index in [0.717, 1.165) is 38.0 Å². The normalized spacial score (nSPS) is 27.7. The smallest absolute Gasteiger partial charge is 0.147 e. The summed E-state index contributed by atoms with van der Waals surface area (Å²) in [6.07, 6.45) is 7.33. The van der Waals surface area contributed by atoms with Gasteiger partial charge >= 0.3 is 0 Å². The van der Waals surface area contributed by atoms with Crippen LogP contribution < -0.4 is 5.32 Å². The highest BCUT2D eigenvalue weighted by atomic mass is 32.2. The molecule has 1 unspecified atom stereocenters. The maximum Gasteiger partial charge on any atom is 0.147 e. The van der Waals surface area contributed by atoms with Gasteiger partial charge in [0.2, 0.25) is 0 Å². The molecule has 0 spiro atoms. The minimum absolute atomic E-state index is 0.330. The zero-order valence-corrected chi connectivity index (χ0v) is 12.2.